The fraction of sp³-hybridized carbons (Fsp3) is 0.714. The quantitative estimate of drug-likeness (QED) is 0.533. The first kappa shape index (κ1) is 10.0. The predicted octanol–water partition coefficient (Wildman–Crippen LogP) is 4.34. The zero-order valence-corrected chi connectivity index (χ0v) is 9.77. The molecule has 2 unspecified atom stereocenters. The highest BCUT2D eigenvalue weighted by molar-refractivity contribution is 5.26. The van der Waals surface area contributed by atoms with Gasteiger partial charge in [-0.05, 0) is 42.4 Å². The second kappa shape index (κ2) is 2.98. The van der Waals surface area contributed by atoms with Crippen molar-refractivity contribution < 1.29 is 0 Å². The lowest BCUT2D eigenvalue weighted by molar-refractivity contribution is 0.113. The predicted molar refractivity (Wildman–Crippen MR) is 62.1 cm³/mol. The van der Waals surface area contributed by atoms with Crippen molar-refractivity contribution >= 4 is 0 Å². The van der Waals surface area contributed by atoms with Crippen LogP contribution in [0.1, 0.15) is 46.5 Å². The van der Waals surface area contributed by atoms with E-state index < -0.39 is 0 Å². The second-order valence-electron chi connectivity index (χ2n) is 5.86. The Balaban J connectivity index is 2.38. The summed E-state index contributed by atoms with van der Waals surface area (Å²) in [4.78, 5) is 0. The molecule has 0 nitrogen and oxygen atoms in total. The minimum absolute atomic E-state index is 0.466. The molecule has 2 aliphatic carbocycles. The van der Waals surface area contributed by atoms with Crippen molar-refractivity contribution in [2.45, 2.75) is 46.5 Å². The highest BCUT2D eigenvalue weighted by Gasteiger charge is 2.51. The van der Waals surface area contributed by atoms with Gasteiger partial charge in [0, 0.05) is 0 Å². The van der Waals surface area contributed by atoms with Crippen LogP contribution in [0, 0.1) is 16.7 Å². The molecule has 0 amide bonds. The lowest BCUT2D eigenvalue weighted by atomic mass is 9.60. The van der Waals surface area contributed by atoms with Crippen molar-refractivity contribution in [2.24, 2.45) is 16.7 Å². The van der Waals surface area contributed by atoms with Crippen molar-refractivity contribution in [3.63, 3.8) is 0 Å². The molecule has 78 valence electrons. The minimum atomic E-state index is 0.466. The van der Waals surface area contributed by atoms with Gasteiger partial charge < -0.3 is 0 Å². The molecule has 2 aliphatic rings. The SMILES string of the molecule is C=C1C=CC2(CC1)C(C)CCC2(C)C. The molecule has 0 N–H and O–H groups in total. The van der Waals surface area contributed by atoms with Gasteiger partial charge in [-0.2, -0.15) is 0 Å². The molecular weight excluding hydrogens is 168 g/mol. The third kappa shape index (κ3) is 1.20. The summed E-state index contributed by atoms with van der Waals surface area (Å²) in [5.41, 5.74) is 2.27. The third-order valence-corrected chi connectivity index (χ3v) is 4.82. The molecule has 0 heteroatoms. The number of rotatable bonds is 0. The van der Waals surface area contributed by atoms with Gasteiger partial charge in [0.2, 0.25) is 0 Å². The number of allylic oxidation sites excluding steroid dienone is 3. The Morgan fingerprint density at radius 1 is 1.36 bits per heavy atom. The summed E-state index contributed by atoms with van der Waals surface area (Å²) in [6.45, 7) is 11.4. The first-order chi connectivity index (χ1) is 6.48. The minimum Gasteiger partial charge on any atom is -0.0958 e. The van der Waals surface area contributed by atoms with E-state index in [1.54, 1.807) is 0 Å². The van der Waals surface area contributed by atoms with Crippen molar-refractivity contribution in [3.8, 4) is 0 Å². The molecule has 2 atom stereocenters. The zero-order chi connectivity index (χ0) is 10.4. The first-order valence-corrected chi connectivity index (χ1v) is 5.85. The zero-order valence-electron chi connectivity index (χ0n) is 9.77. The Bertz CT molecular complexity index is 282. The molecule has 0 aromatic rings. The average molecular weight is 190 g/mol. The Labute approximate surface area is 88.1 Å². The van der Waals surface area contributed by atoms with Gasteiger partial charge in [-0.25, -0.2) is 0 Å². The van der Waals surface area contributed by atoms with Gasteiger partial charge in [-0.1, -0.05) is 45.1 Å². The van der Waals surface area contributed by atoms with E-state index in [0.29, 0.717) is 10.8 Å². The Kier molecular flexibility index (Phi) is 2.13. The van der Waals surface area contributed by atoms with E-state index in [4.69, 9.17) is 0 Å². The summed E-state index contributed by atoms with van der Waals surface area (Å²) < 4.78 is 0. The van der Waals surface area contributed by atoms with E-state index in [1.807, 2.05) is 0 Å². The molecule has 1 fully saturated rings. The fourth-order valence-corrected chi connectivity index (χ4v) is 3.51. The Hall–Kier alpha value is -0.520. The molecule has 0 saturated heterocycles. The fourth-order valence-electron chi connectivity index (χ4n) is 3.51. The summed E-state index contributed by atoms with van der Waals surface area (Å²) in [5, 5.41) is 0. The van der Waals surface area contributed by atoms with Gasteiger partial charge in [-0.3, -0.25) is 0 Å². The van der Waals surface area contributed by atoms with Crippen molar-refractivity contribution in [1.29, 1.82) is 0 Å². The maximum Gasteiger partial charge on any atom is -0.00351 e. The van der Waals surface area contributed by atoms with Crippen molar-refractivity contribution in [1.82, 2.24) is 0 Å². The maximum absolute atomic E-state index is 4.05. The lowest BCUT2D eigenvalue weighted by Gasteiger charge is -2.44. The molecule has 0 aromatic carbocycles. The smallest absolute Gasteiger partial charge is 0.00351 e. The van der Waals surface area contributed by atoms with Crippen LogP contribution in [-0.4, -0.2) is 0 Å². The van der Waals surface area contributed by atoms with Gasteiger partial charge in [-0.15, -0.1) is 0 Å². The van der Waals surface area contributed by atoms with Crippen LogP contribution in [0.4, 0.5) is 0 Å². The largest absolute Gasteiger partial charge is 0.0958 e. The molecule has 1 saturated carbocycles. The summed E-state index contributed by atoms with van der Waals surface area (Å²) in [6.07, 6.45) is 10.0. The van der Waals surface area contributed by atoms with Crippen LogP contribution >= 0.6 is 0 Å². The summed E-state index contributed by atoms with van der Waals surface area (Å²) >= 11 is 0. The Morgan fingerprint density at radius 3 is 2.50 bits per heavy atom. The highest BCUT2D eigenvalue weighted by atomic mass is 14.6. The van der Waals surface area contributed by atoms with Gasteiger partial charge in [0.25, 0.3) is 0 Å². The number of hydrogen-bond donors (Lipinski definition) is 0. The standard InChI is InChI=1S/C14H22/c1-11-5-9-14(10-6-11)12(2)7-8-13(14,3)4/h5,9,12H,1,6-8,10H2,2-4H3. The van der Waals surface area contributed by atoms with Gasteiger partial charge in [0.15, 0.2) is 0 Å². The van der Waals surface area contributed by atoms with Crippen molar-refractivity contribution in [3.05, 3.63) is 24.3 Å². The van der Waals surface area contributed by atoms with E-state index in [1.165, 1.54) is 31.3 Å². The third-order valence-electron chi connectivity index (χ3n) is 4.82. The van der Waals surface area contributed by atoms with Crippen LogP contribution in [0.25, 0.3) is 0 Å². The van der Waals surface area contributed by atoms with Crippen LogP contribution in [0.15, 0.2) is 24.3 Å². The van der Waals surface area contributed by atoms with Crippen molar-refractivity contribution in [2.75, 3.05) is 0 Å². The molecule has 0 aromatic heterocycles. The second-order valence-corrected chi connectivity index (χ2v) is 5.86. The van der Waals surface area contributed by atoms with E-state index in [-0.39, 0.29) is 0 Å². The highest BCUT2D eigenvalue weighted by Crippen LogP contribution is 2.60. The van der Waals surface area contributed by atoms with E-state index in [0.717, 1.165) is 5.92 Å². The molecule has 2 rings (SSSR count). The molecule has 14 heavy (non-hydrogen) atoms. The molecule has 0 heterocycles. The molecular formula is C14H22. The monoisotopic (exact) mass is 190 g/mol. The van der Waals surface area contributed by atoms with Gasteiger partial charge in [0.05, 0.1) is 0 Å². The lowest BCUT2D eigenvalue weighted by Crippen LogP contribution is -2.36. The van der Waals surface area contributed by atoms with Crippen LogP contribution in [0.2, 0.25) is 0 Å². The van der Waals surface area contributed by atoms with Crippen LogP contribution in [0.5, 0.6) is 0 Å². The molecule has 0 aliphatic heterocycles. The maximum atomic E-state index is 4.05. The average Bonchev–Trinajstić information content (AvgIpc) is 2.35. The van der Waals surface area contributed by atoms with Gasteiger partial charge in [0.1, 0.15) is 0 Å². The van der Waals surface area contributed by atoms with E-state index in [2.05, 4.69) is 39.5 Å². The summed E-state index contributed by atoms with van der Waals surface area (Å²) in [5.74, 6) is 0.849. The molecule has 0 bridgehead atoms. The summed E-state index contributed by atoms with van der Waals surface area (Å²) in [6, 6.07) is 0. The number of hydrogen-bond acceptors (Lipinski definition) is 0. The Morgan fingerprint density at radius 2 is 2.07 bits per heavy atom. The first-order valence-electron chi connectivity index (χ1n) is 5.85. The summed E-state index contributed by atoms with van der Waals surface area (Å²) in [7, 11) is 0. The molecule has 1 spiro atoms. The van der Waals surface area contributed by atoms with Crippen LogP contribution in [0.3, 0.4) is 0 Å². The van der Waals surface area contributed by atoms with E-state index >= 15 is 0 Å². The topological polar surface area (TPSA) is 0 Å². The normalized spacial score (nSPS) is 40.8. The van der Waals surface area contributed by atoms with E-state index in [9.17, 15) is 0 Å². The van der Waals surface area contributed by atoms with Crippen LogP contribution < -0.4 is 0 Å². The van der Waals surface area contributed by atoms with Crippen LogP contribution in [-0.2, 0) is 0 Å². The van der Waals surface area contributed by atoms with Gasteiger partial charge >= 0.3 is 0 Å². The molecule has 0 radical (unpaired) electrons.